The summed E-state index contributed by atoms with van der Waals surface area (Å²) in [6.45, 7) is 0. The van der Waals surface area contributed by atoms with Gasteiger partial charge in [0.2, 0.25) is 0 Å². The van der Waals surface area contributed by atoms with Crippen molar-refractivity contribution in [3.63, 3.8) is 0 Å². The molecule has 0 heterocycles. The van der Waals surface area contributed by atoms with Gasteiger partial charge in [0.1, 0.15) is 0 Å². The molecule has 2 aromatic rings. The standard InChI is InChI=1S/C17H16/c1-2-6-15-14(4-1)5-3-7-16(15)17-10-8-13(12-17)9-11-17/h1-8,10,13H,9,11-12H2. The van der Waals surface area contributed by atoms with Gasteiger partial charge in [0, 0.05) is 5.41 Å². The summed E-state index contributed by atoms with van der Waals surface area (Å²) >= 11 is 0. The molecular weight excluding hydrogens is 204 g/mol. The lowest BCUT2D eigenvalue weighted by Crippen LogP contribution is -2.17. The van der Waals surface area contributed by atoms with Crippen molar-refractivity contribution in [3.8, 4) is 0 Å². The fourth-order valence-electron chi connectivity index (χ4n) is 3.74. The van der Waals surface area contributed by atoms with E-state index in [0.717, 1.165) is 5.92 Å². The zero-order valence-electron chi connectivity index (χ0n) is 9.89. The first-order valence-corrected chi connectivity index (χ1v) is 6.55. The van der Waals surface area contributed by atoms with E-state index in [1.807, 2.05) is 0 Å². The molecule has 84 valence electrons. The van der Waals surface area contributed by atoms with Gasteiger partial charge in [0.25, 0.3) is 0 Å². The quantitative estimate of drug-likeness (QED) is 0.623. The molecule has 2 aliphatic carbocycles. The molecule has 4 rings (SSSR count). The maximum Gasteiger partial charge on any atom is 0.0144 e. The van der Waals surface area contributed by atoms with Crippen molar-refractivity contribution < 1.29 is 0 Å². The molecule has 17 heavy (non-hydrogen) atoms. The lowest BCUT2D eigenvalue weighted by atomic mass is 9.78. The number of fused-ring (bicyclic) bond motifs is 3. The molecule has 0 N–H and O–H groups in total. The molecule has 0 radical (unpaired) electrons. The zero-order chi connectivity index (χ0) is 11.3. The predicted octanol–water partition coefficient (Wildman–Crippen LogP) is 4.45. The van der Waals surface area contributed by atoms with Crippen molar-refractivity contribution in [2.75, 3.05) is 0 Å². The first kappa shape index (κ1) is 9.47. The van der Waals surface area contributed by atoms with Crippen LogP contribution in [-0.2, 0) is 5.41 Å². The van der Waals surface area contributed by atoms with E-state index in [2.05, 4.69) is 54.6 Å². The minimum atomic E-state index is 0.353. The molecule has 1 saturated carbocycles. The van der Waals surface area contributed by atoms with Gasteiger partial charge in [-0.25, -0.2) is 0 Å². The van der Waals surface area contributed by atoms with E-state index in [9.17, 15) is 0 Å². The number of hydrogen-bond donors (Lipinski definition) is 0. The third-order valence-electron chi connectivity index (χ3n) is 4.60. The van der Waals surface area contributed by atoms with E-state index < -0.39 is 0 Å². The predicted molar refractivity (Wildman–Crippen MR) is 72.1 cm³/mol. The maximum atomic E-state index is 2.48. The van der Waals surface area contributed by atoms with Gasteiger partial charge in [0.05, 0.1) is 0 Å². The fraction of sp³-hybridized carbons (Fsp3) is 0.294. The van der Waals surface area contributed by atoms with Crippen LogP contribution in [0.15, 0.2) is 54.6 Å². The molecule has 1 fully saturated rings. The fourth-order valence-corrected chi connectivity index (χ4v) is 3.74. The Morgan fingerprint density at radius 2 is 1.88 bits per heavy atom. The van der Waals surface area contributed by atoms with E-state index in [1.54, 1.807) is 5.56 Å². The Kier molecular flexibility index (Phi) is 1.80. The van der Waals surface area contributed by atoms with Crippen LogP contribution in [0.25, 0.3) is 10.8 Å². The van der Waals surface area contributed by atoms with Gasteiger partial charge in [0.15, 0.2) is 0 Å². The molecule has 0 aliphatic heterocycles. The topological polar surface area (TPSA) is 0 Å². The highest BCUT2D eigenvalue weighted by atomic mass is 14.5. The van der Waals surface area contributed by atoms with Gasteiger partial charge in [-0.15, -0.1) is 0 Å². The van der Waals surface area contributed by atoms with Crippen LogP contribution in [-0.4, -0.2) is 0 Å². The van der Waals surface area contributed by atoms with E-state index in [0.29, 0.717) is 5.41 Å². The molecule has 0 amide bonds. The monoisotopic (exact) mass is 220 g/mol. The second-order valence-electron chi connectivity index (χ2n) is 5.54. The van der Waals surface area contributed by atoms with Crippen LogP contribution < -0.4 is 0 Å². The third-order valence-corrected chi connectivity index (χ3v) is 4.60. The second kappa shape index (κ2) is 3.22. The normalized spacial score (nSPS) is 30.2. The van der Waals surface area contributed by atoms with Gasteiger partial charge in [-0.05, 0) is 41.5 Å². The van der Waals surface area contributed by atoms with Crippen LogP contribution in [0.5, 0.6) is 0 Å². The lowest BCUT2D eigenvalue weighted by Gasteiger charge is -2.25. The molecule has 0 nitrogen and oxygen atoms in total. The number of benzene rings is 2. The summed E-state index contributed by atoms with van der Waals surface area (Å²) in [5, 5.41) is 2.82. The molecular formula is C17H16. The first-order chi connectivity index (χ1) is 8.37. The van der Waals surface area contributed by atoms with Gasteiger partial charge < -0.3 is 0 Å². The summed E-state index contributed by atoms with van der Waals surface area (Å²) in [5.74, 6) is 0.842. The molecule has 2 aliphatic rings. The molecule has 0 saturated heterocycles. The Morgan fingerprint density at radius 3 is 2.65 bits per heavy atom. The highest BCUT2D eigenvalue weighted by Gasteiger charge is 2.42. The van der Waals surface area contributed by atoms with Gasteiger partial charge in [-0.1, -0.05) is 54.6 Å². The minimum Gasteiger partial charge on any atom is -0.0845 e. The second-order valence-corrected chi connectivity index (χ2v) is 5.54. The number of allylic oxidation sites excluding steroid dienone is 2. The van der Waals surface area contributed by atoms with Crippen LogP contribution in [0.3, 0.4) is 0 Å². The van der Waals surface area contributed by atoms with Crippen molar-refractivity contribution in [3.05, 3.63) is 60.2 Å². The summed E-state index contributed by atoms with van der Waals surface area (Å²) in [4.78, 5) is 0. The van der Waals surface area contributed by atoms with Crippen LogP contribution in [0.1, 0.15) is 24.8 Å². The van der Waals surface area contributed by atoms with Gasteiger partial charge in [-0.3, -0.25) is 0 Å². The highest BCUT2D eigenvalue weighted by molar-refractivity contribution is 5.87. The Hall–Kier alpha value is -1.56. The largest absolute Gasteiger partial charge is 0.0845 e. The maximum absolute atomic E-state index is 2.48. The third kappa shape index (κ3) is 1.24. The smallest absolute Gasteiger partial charge is 0.0144 e. The van der Waals surface area contributed by atoms with Crippen molar-refractivity contribution in [2.24, 2.45) is 5.92 Å². The van der Waals surface area contributed by atoms with Crippen LogP contribution in [0, 0.1) is 5.92 Å². The summed E-state index contributed by atoms with van der Waals surface area (Å²) in [5.41, 5.74) is 1.90. The first-order valence-electron chi connectivity index (χ1n) is 6.55. The molecule has 2 atom stereocenters. The van der Waals surface area contributed by atoms with Gasteiger partial charge >= 0.3 is 0 Å². The minimum absolute atomic E-state index is 0.353. The van der Waals surface area contributed by atoms with Gasteiger partial charge in [-0.2, -0.15) is 0 Å². The summed E-state index contributed by atoms with van der Waals surface area (Å²) in [6.07, 6.45) is 8.96. The molecule has 0 heteroatoms. The summed E-state index contributed by atoms with van der Waals surface area (Å²) in [7, 11) is 0. The van der Waals surface area contributed by atoms with Crippen molar-refractivity contribution >= 4 is 10.8 Å². The Balaban J connectivity index is 2.00. The van der Waals surface area contributed by atoms with E-state index in [4.69, 9.17) is 0 Å². The SMILES string of the molecule is C1=CC2(c3cccc4ccccc34)CCC1C2. The Bertz CT molecular complexity index is 603. The summed E-state index contributed by atoms with van der Waals surface area (Å²) in [6, 6.07) is 15.6. The lowest BCUT2D eigenvalue weighted by molar-refractivity contribution is 0.572. The van der Waals surface area contributed by atoms with E-state index in [-0.39, 0.29) is 0 Å². The van der Waals surface area contributed by atoms with Crippen molar-refractivity contribution in [1.29, 1.82) is 0 Å². The van der Waals surface area contributed by atoms with Crippen molar-refractivity contribution in [1.82, 2.24) is 0 Å². The van der Waals surface area contributed by atoms with E-state index >= 15 is 0 Å². The van der Waals surface area contributed by atoms with Crippen LogP contribution in [0.4, 0.5) is 0 Å². The Morgan fingerprint density at radius 1 is 1.00 bits per heavy atom. The Labute approximate surface area is 102 Å². The van der Waals surface area contributed by atoms with Crippen LogP contribution >= 0.6 is 0 Å². The number of hydrogen-bond acceptors (Lipinski definition) is 0. The summed E-state index contributed by atoms with van der Waals surface area (Å²) < 4.78 is 0. The van der Waals surface area contributed by atoms with Crippen molar-refractivity contribution in [2.45, 2.75) is 24.7 Å². The molecule has 2 unspecified atom stereocenters. The highest BCUT2D eigenvalue weighted by Crippen LogP contribution is 2.52. The zero-order valence-corrected chi connectivity index (χ0v) is 9.89. The molecule has 2 bridgehead atoms. The molecule has 0 spiro atoms. The molecule has 2 aromatic carbocycles. The molecule has 0 aromatic heterocycles. The van der Waals surface area contributed by atoms with E-state index in [1.165, 1.54) is 30.0 Å². The average Bonchev–Trinajstić information content (AvgIpc) is 2.99. The van der Waals surface area contributed by atoms with Crippen LogP contribution in [0.2, 0.25) is 0 Å². The number of rotatable bonds is 1. The average molecular weight is 220 g/mol.